The van der Waals surface area contributed by atoms with Crippen LogP contribution in [0.4, 0.5) is 0 Å². The number of aryl methyl sites for hydroxylation is 1. The molecular weight excluding hydrogens is 216 g/mol. The van der Waals surface area contributed by atoms with E-state index < -0.39 is 0 Å². The molecule has 0 heterocycles. The lowest BCUT2D eigenvalue weighted by atomic mass is 10.1. The van der Waals surface area contributed by atoms with Gasteiger partial charge in [-0.05, 0) is 38.0 Å². The summed E-state index contributed by atoms with van der Waals surface area (Å²) in [7, 11) is 1.68. The Kier molecular flexibility index (Phi) is 6.67. The maximum atomic E-state index is 5.51. The lowest BCUT2D eigenvalue weighted by Crippen LogP contribution is -2.18. The molecule has 0 fully saturated rings. The van der Waals surface area contributed by atoms with E-state index in [-0.39, 0.29) is 6.29 Å². The van der Waals surface area contributed by atoms with Gasteiger partial charge in [-0.15, -0.1) is 0 Å². The molecule has 0 atom stereocenters. The molecule has 0 radical (unpaired) electrons. The van der Waals surface area contributed by atoms with Gasteiger partial charge in [-0.2, -0.15) is 0 Å². The Hall–Kier alpha value is -1.06. The number of rotatable bonds is 8. The summed E-state index contributed by atoms with van der Waals surface area (Å²) in [5.74, 6) is 0.895. The van der Waals surface area contributed by atoms with E-state index in [1.807, 2.05) is 26.0 Å². The van der Waals surface area contributed by atoms with Crippen LogP contribution in [0.15, 0.2) is 24.3 Å². The highest BCUT2D eigenvalue weighted by molar-refractivity contribution is 5.28. The zero-order chi connectivity index (χ0) is 12.5. The number of hydrogen-bond donors (Lipinski definition) is 0. The Morgan fingerprint density at radius 3 is 2.41 bits per heavy atom. The minimum Gasteiger partial charge on any atom is -0.497 e. The Bertz CT molecular complexity index is 306. The summed E-state index contributed by atoms with van der Waals surface area (Å²) >= 11 is 0. The van der Waals surface area contributed by atoms with Gasteiger partial charge in [0.2, 0.25) is 0 Å². The quantitative estimate of drug-likeness (QED) is 0.651. The van der Waals surface area contributed by atoms with Gasteiger partial charge in [-0.3, -0.25) is 0 Å². The molecule has 0 saturated carbocycles. The molecule has 17 heavy (non-hydrogen) atoms. The smallest absolute Gasteiger partial charge is 0.157 e. The molecule has 0 unspecified atom stereocenters. The highest BCUT2D eigenvalue weighted by Gasteiger charge is 2.08. The summed E-state index contributed by atoms with van der Waals surface area (Å²) in [6.45, 7) is 5.33. The molecule has 0 aliphatic carbocycles. The van der Waals surface area contributed by atoms with Crippen molar-refractivity contribution in [3.63, 3.8) is 0 Å². The third kappa shape index (κ3) is 5.20. The predicted octanol–water partition coefficient (Wildman–Crippen LogP) is 3.03. The van der Waals surface area contributed by atoms with Crippen LogP contribution in [0.2, 0.25) is 0 Å². The fourth-order valence-corrected chi connectivity index (χ4v) is 1.70. The van der Waals surface area contributed by atoms with Crippen LogP contribution < -0.4 is 4.74 Å². The second kappa shape index (κ2) is 8.09. The van der Waals surface area contributed by atoms with Crippen LogP contribution >= 0.6 is 0 Å². The highest BCUT2D eigenvalue weighted by atomic mass is 16.7. The van der Waals surface area contributed by atoms with Crippen molar-refractivity contribution >= 4 is 0 Å². The molecule has 0 aliphatic heterocycles. The molecule has 3 nitrogen and oxygen atoms in total. The van der Waals surface area contributed by atoms with E-state index >= 15 is 0 Å². The molecular formula is C14H22O3. The van der Waals surface area contributed by atoms with E-state index in [1.165, 1.54) is 5.56 Å². The van der Waals surface area contributed by atoms with Crippen molar-refractivity contribution in [1.29, 1.82) is 0 Å². The van der Waals surface area contributed by atoms with Crippen molar-refractivity contribution in [1.82, 2.24) is 0 Å². The maximum absolute atomic E-state index is 5.51. The first-order valence-electron chi connectivity index (χ1n) is 6.16. The first-order chi connectivity index (χ1) is 8.30. The average Bonchev–Trinajstić information content (AvgIpc) is 2.37. The Balaban J connectivity index is 2.46. The van der Waals surface area contributed by atoms with Gasteiger partial charge in [0.1, 0.15) is 5.75 Å². The van der Waals surface area contributed by atoms with Crippen LogP contribution in [0, 0.1) is 0 Å². The van der Waals surface area contributed by atoms with Gasteiger partial charge in [-0.1, -0.05) is 12.1 Å². The molecule has 3 heteroatoms. The summed E-state index contributed by atoms with van der Waals surface area (Å²) < 4.78 is 16.2. The van der Waals surface area contributed by atoms with E-state index in [4.69, 9.17) is 14.2 Å². The van der Waals surface area contributed by atoms with Crippen LogP contribution in [0.3, 0.4) is 0 Å². The second-order valence-electron chi connectivity index (χ2n) is 3.73. The molecule has 1 rings (SSSR count). The third-order valence-corrected chi connectivity index (χ3v) is 2.51. The maximum Gasteiger partial charge on any atom is 0.157 e. The average molecular weight is 238 g/mol. The third-order valence-electron chi connectivity index (χ3n) is 2.51. The van der Waals surface area contributed by atoms with Crippen LogP contribution in [-0.4, -0.2) is 26.6 Å². The van der Waals surface area contributed by atoms with Gasteiger partial charge in [-0.25, -0.2) is 0 Å². The Morgan fingerprint density at radius 1 is 1.12 bits per heavy atom. The minimum absolute atomic E-state index is 0.101. The Labute approximate surface area is 104 Å². The van der Waals surface area contributed by atoms with Gasteiger partial charge in [0, 0.05) is 19.6 Å². The summed E-state index contributed by atoms with van der Waals surface area (Å²) in [4.78, 5) is 0. The summed E-state index contributed by atoms with van der Waals surface area (Å²) in [6.07, 6.45) is 1.70. The van der Waals surface area contributed by atoms with E-state index in [1.54, 1.807) is 7.11 Å². The monoisotopic (exact) mass is 238 g/mol. The van der Waals surface area contributed by atoms with Crippen LogP contribution in [0.1, 0.15) is 25.8 Å². The number of methoxy groups -OCH3 is 1. The summed E-state index contributed by atoms with van der Waals surface area (Å²) in [5, 5.41) is 0. The van der Waals surface area contributed by atoms with Crippen molar-refractivity contribution < 1.29 is 14.2 Å². The van der Waals surface area contributed by atoms with Crippen molar-refractivity contribution in [3.05, 3.63) is 29.8 Å². The van der Waals surface area contributed by atoms with E-state index in [2.05, 4.69) is 12.1 Å². The summed E-state index contributed by atoms with van der Waals surface area (Å²) in [6, 6.07) is 8.10. The topological polar surface area (TPSA) is 27.7 Å². The molecule has 0 amide bonds. The zero-order valence-corrected chi connectivity index (χ0v) is 10.9. The molecule has 0 N–H and O–H groups in total. The van der Waals surface area contributed by atoms with Gasteiger partial charge >= 0.3 is 0 Å². The fourth-order valence-electron chi connectivity index (χ4n) is 1.70. The minimum atomic E-state index is -0.101. The van der Waals surface area contributed by atoms with Gasteiger partial charge < -0.3 is 14.2 Å². The first kappa shape index (κ1) is 14.0. The van der Waals surface area contributed by atoms with E-state index in [9.17, 15) is 0 Å². The molecule has 0 aliphatic rings. The molecule has 0 bridgehead atoms. The normalized spacial score (nSPS) is 10.8. The highest BCUT2D eigenvalue weighted by Crippen LogP contribution is 2.15. The molecule has 0 spiro atoms. The number of hydrogen-bond acceptors (Lipinski definition) is 3. The van der Waals surface area contributed by atoms with E-state index in [0.717, 1.165) is 18.6 Å². The summed E-state index contributed by atoms with van der Waals surface area (Å²) in [5.41, 5.74) is 1.24. The SMILES string of the molecule is CCOC(CCc1cccc(OC)c1)OCC. The predicted molar refractivity (Wildman–Crippen MR) is 68.4 cm³/mol. The molecule has 0 saturated heterocycles. The fraction of sp³-hybridized carbons (Fsp3) is 0.571. The number of ether oxygens (including phenoxy) is 3. The van der Waals surface area contributed by atoms with Crippen molar-refractivity contribution in [2.75, 3.05) is 20.3 Å². The van der Waals surface area contributed by atoms with Crippen LogP contribution in [0.5, 0.6) is 5.75 Å². The van der Waals surface area contributed by atoms with E-state index in [0.29, 0.717) is 13.2 Å². The standard InChI is InChI=1S/C14H22O3/c1-4-16-14(17-5-2)10-9-12-7-6-8-13(11-12)15-3/h6-8,11,14H,4-5,9-10H2,1-3H3. The lowest BCUT2D eigenvalue weighted by molar-refractivity contribution is -0.139. The number of benzene rings is 1. The second-order valence-corrected chi connectivity index (χ2v) is 3.73. The van der Waals surface area contributed by atoms with Gasteiger partial charge in [0.15, 0.2) is 6.29 Å². The molecule has 96 valence electrons. The van der Waals surface area contributed by atoms with Gasteiger partial charge in [0.05, 0.1) is 7.11 Å². The molecule has 1 aromatic rings. The van der Waals surface area contributed by atoms with Gasteiger partial charge in [0.25, 0.3) is 0 Å². The Morgan fingerprint density at radius 2 is 1.82 bits per heavy atom. The van der Waals surface area contributed by atoms with Crippen LogP contribution in [-0.2, 0) is 15.9 Å². The largest absolute Gasteiger partial charge is 0.497 e. The zero-order valence-electron chi connectivity index (χ0n) is 10.9. The first-order valence-corrected chi connectivity index (χ1v) is 6.16. The lowest BCUT2D eigenvalue weighted by Gasteiger charge is -2.16. The van der Waals surface area contributed by atoms with Crippen molar-refractivity contribution in [2.45, 2.75) is 33.0 Å². The van der Waals surface area contributed by atoms with Crippen molar-refractivity contribution in [3.8, 4) is 5.75 Å². The van der Waals surface area contributed by atoms with Crippen molar-refractivity contribution in [2.24, 2.45) is 0 Å². The van der Waals surface area contributed by atoms with Crippen LogP contribution in [0.25, 0.3) is 0 Å². The molecule has 0 aromatic heterocycles. The molecule has 1 aromatic carbocycles.